The van der Waals surface area contributed by atoms with Gasteiger partial charge in [-0.1, -0.05) is 12.1 Å². The summed E-state index contributed by atoms with van der Waals surface area (Å²) >= 11 is 0. The van der Waals surface area contributed by atoms with Gasteiger partial charge in [-0.2, -0.15) is 18.4 Å². The summed E-state index contributed by atoms with van der Waals surface area (Å²) in [6.07, 6.45) is -3.88. The number of carbonyl (C=O) groups excluding carboxylic acids is 3. The average Bonchev–Trinajstić information content (AvgIpc) is 3.32. The maximum Gasteiger partial charge on any atom is 0.417 e. The van der Waals surface area contributed by atoms with E-state index < -0.39 is 68.5 Å². The molecule has 0 radical (unpaired) electrons. The van der Waals surface area contributed by atoms with Gasteiger partial charge in [0.2, 0.25) is 0 Å². The van der Waals surface area contributed by atoms with Crippen LogP contribution in [0.15, 0.2) is 53.4 Å². The molecule has 0 N–H and O–H groups in total. The average molecular weight is 523 g/mol. The summed E-state index contributed by atoms with van der Waals surface area (Å²) in [4.78, 5) is 38.3. The van der Waals surface area contributed by atoms with Crippen LogP contribution < -0.4 is 0 Å². The molecule has 0 unspecified atom stereocenters. The largest absolute Gasteiger partial charge is 0.465 e. The molecule has 1 aliphatic rings. The number of halogens is 3. The van der Waals surface area contributed by atoms with Crippen LogP contribution >= 0.6 is 0 Å². The van der Waals surface area contributed by atoms with Crippen LogP contribution in [0.1, 0.15) is 32.7 Å². The number of methoxy groups -OCH3 is 1. The van der Waals surface area contributed by atoms with Crippen molar-refractivity contribution in [2.75, 3.05) is 20.7 Å². The van der Waals surface area contributed by atoms with Gasteiger partial charge in [0.25, 0.3) is 11.8 Å². The SMILES string of the molecule is COC(=O)c1ccc(C(=O)N2C[C@H](S(=O)(=O)c3ccccc3C(F)(F)F)C[C@H]2C(=O)N(C)C#N)cc1. The lowest BCUT2D eigenvalue weighted by molar-refractivity contribution is -0.140. The van der Waals surface area contributed by atoms with Crippen molar-refractivity contribution in [2.45, 2.75) is 28.8 Å². The van der Waals surface area contributed by atoms with Crippen molar-refractivity contribution in [3.63, 3.8) is 0 Å². The minimum atomic E-state index is -4.95. The van der Waals surface area contributed by atoms with Crippen LogP contribution in [0.3, 0.4) is 0 Å². The molecule has 1 aliphatic heterocycles. The number of nitriles is 1. The number of benzene rings is 2. The molecule has 2 aromatic rings. The number of ether oxygens (including phenoxy) is 1. The van der Waals surface area contributed by atoms with Gasteiger partial charge in [-0.3, -0.25) is 14.5 Å². The molecule has 2 aromatic carbocycles. The van der Waals surface area contributed by atoms with E-state index in [0.29, 0.717) is 11.0 Å². The highest BCUT2D eigenvalue weighted by Crippen LogP contribution is 2.38. The molecule has 13 heteroatoms. The number of likely N-dealkylation sites (N-methyl/N-ethyl adjacent to an activating group) is 1. The van der Waals surface area contributed by atoms with Crippen molar-refractivity contribution >= 4 is 27.6 Å². The van der Waals surface area contributed by atoms with Crippen molar-refractivity contribution in [2.24, 2.45) is 0 Å². The summed E-state index contributed by atoms with van der Waals surface area (Å²) < 4.78 is 71.7. The standard InChI is InChI=1S/C23H20F3N3O6S/c1-28(13-27)21(31)18-11-16(36(33,34)19-6-4-3-5-17(19)23(24,25)26)12-29(18)20(30)14-7-9-15(10-8-14)22(32)35-2/h3-10,16,18H,11-12H2,1-2H3/t16-,18+/m1/s1. The van der Waals surface area contributed by atoms with E-state index in [9.17, 15) is 36.0 Å². The highest BCUT2D eigenvalue weighted by molar-refractivity contribution is 7.92. The number of nitrogens with zero attached hydrogens (tertiary/aromatic N) is 3. The lowest BCUT2D eigenvalue weighted by Crippen LogP contribution is -2.45. The minimum Gasteiger partial charge on any atom is -0.465 e. The van der Waals surface area contributed by atoms with Crippen molar-refractivity contribution in [1.29, 1.82) is 5.26 Å². The van der Waals surface area contributed by atoms with Crippen LogP contribution in [0.2, 0.25) is 0 Å². The summed E-state index contributed by atoms with van der Waals surface area (Å²) in [7, 11) is -2.36. The molecule has 2 atom stereocenters. The van der Waals surface area contributed by atoms with E-state index >= 15 is 0 Å². The van der Waals surface area contributed by atoms with Gasteiger partial charge in [0.05, 0.1) is 28.4 Å². The summed E-state index contributed by atoms with van der Waals surface area (Å²) in [5, 5.41) is 7.57. The first-order chi connectivity index (χ1) is 16.8. The maximum atomic E-state index is 13.5. The number of carbonyl (C=O) groups is 3. The van der Waals surface area contributed by atoms with Gasteiger partial charge in [0.1, 0.15) is 6.04 Å². The fourth-order valence-electron chi connectivity index (χ4n) is 3.91. The fourth-order valence-corrected chi connectivity index (χ4v) is 5.82. The molecule has 36 heavy (non-hydrogen) atoms. The van der Waals surface area contributed by atoms with Crippen LogP contribution in [-0.2, 0) is 25.5 Å². The van der Waals surface area contributed by atoms with Gasteiger partial charge in [-0.15, -0.1) is 0 Å². The number of esters is 1. The number of likely N-dealkylation sites (tertiary alicyclic amines) is 1. The van der Waals surface area contributed by atoms with E-state index in [1.165, 1.54) is 31.4 Å². The van der Waals surface area contributed by atoms with Crippen molar-refractivity contribution in [3.8, 4) is 6.19 Å². The van der Waals surface area contributed by atoms with E-state index in [-0.39, 0.29) is 11.1 Å². The third-order valence-electron chi connectivity index (χ3n) is 5.78. The Morgan fingerprint density at radius 3 is 2.22 bits per heavy atom. The zero-order chi connectivity index (χ0) is 26.8. The monoisotopic (exact) mass is 523 g/mol. The molecule has 2 amide bonds. The number of rotatable bonds is 5. The zero-order valence-corrected chi connectivity index (χ0v) is 19.8. The second kappa shape index (κ2) is 9.98. The Bertz CT molecular complexity index is 1340. The molecule has 3 rings (SSSR count). The first-order valence-electron chi connectivity index (χ1n) is 10.4. The van der Waals surface area contributed by atoms with E-state index in [2.05, 4.69) is 4.74 Å². The topological polar surface area (TPSA) is 125 Å². The second-order valence-electron chi connectivity index (χ2n) is 7.94. The van der Waals surface area contributed by atoms with Gasteiger partial charge < -0.3 is 9.64 Å². The first kappa shape index (κ1) is 26.7. The van der Waals surface area contributed by atoms with Crippen molar-refractivity contribution in [1.82, 2.24) is 9.80 Å². The molecule has 9 nitrogen and oxygen atoms in total. The molecule has 0 spiro atoms. The Kier molecular flexibility index (Phi) is 7.40. The maximum absolute atomic E-state index is 13.5. The second-order valence-corrected chi connectivity index (χ2v) is 10.1. The van der Waals surface area contributed by atoms with Gasteiger partial charge in [-0.05, 0) is 42.8 Å². The van der Waals surface area contributed by atoms with Crippen molar-refractivity contribution in [3.05, 3.63) is 65.2 Å². The number of hydrogen-bond donors (Lipinski definition) is 0. The molecule has 0 aliphatic carbocycles. The van der Waals surface area contributed by atoms with Crippen molar-refractivity contribution < 1.29 is 40.7 Å². The third-order valence-corrected chi connectivity index (χ3v) is 7.97. The molecule has 0 saturated carbocycles. The Morgan fingerprint density at radius 2 is 1.67 bits per heavy atom. The Balaban J connectivity index is 2.01. The third kappa shape index (κ3) is 5.03. The predicted molar refractivity (Wildman–Crippen MR) is 118 cm³/mol. The molecule has 1 fully saturated rings. The number of alkyl halides is 3. The smallest absolute Gasteiger partial charge is 0.417 e. The highest BCUT2D eigenvalue weighted by atomic mass is 32.2. The Labute approximate surface area is 204 Å². The van der Waals surface area contributed by atoms with E-state index in [1.54, 1.807) is 6.19 Å². The van der Waals surface area contributed by atoms with Crippen LogP contribution in [0, 0.1) is 11.5 Å². The van der Waals surface area contributed by atoms with Gasteiger partial charge in [0.15, 0.2) is 16.0 Å². The zero-order valence-electron chi connectivity index (χ0n) is 19.0. The molecule has 0 aromatic heterocycles. The van der Waals surface area contributed by atoms with E-state index in [1.807, 2.05) is 0 Å². The summed E-state index contributed by atoms with van der Waals surface area (Å²) in [6.45, 7) is -0.582. The molecule has 190 valence electrons. The van der Waals surface area contributed by atoms with Crippen LogP contribution in [0.25, 0.3) is 0 Å². The minimum absolute atomic E-state index is 0.00574. The van der Waals surface area contributed by atoms with Gasteiger partial charge >= 0.3 is 12.1 Å². The van der Waals surface area contributed by atoms with Gasteiger partial charge in [-0.25, -0.2) is 13.2 Å². The number of sulfone groups is 1. The van der Waals surface area contributed by atoms with Crippen LogP contribution in [-0.4, -0.2) is 68.0 Å². The first-order valence-corrected chi connectivity index (χ1v) is 11.9. The lowest BCUT2D eigenvalue weighted by Gasteiger charge is -2.25. The molecule has 1 saturated heterocycles. The van der Waals surface area contributed by atoms with E-state index in [0.717, 1.165) is 30.1 Å². The quantitative estimate of drug-likeness (QED) is 0.335. The molecular formula is C23H20F3N3O6S. The van der Waals surface area contributed by atoms with Crippen LogP contribution in [0.5, 0.6) is 0 Å². The van der Waals surface area contributed by atoms with E-state index in [4.69, 9.17) is 5.26 Å². The van der Waals surface area contributed by atoms with Crippen LogP contribution in [0.4, 0.5) is 13.2 Å². The Hall–Kier alpha value is -3.92. The predicted octanol–water partition coefficient (Wildman–Crippen LogP) is 2.49. The molecule has 0 bridgehead atoms. The summed E-state index contributed by atoms with van der Waals surface area (Å²) in [6, 6.07) is 7.37. The highest BCUT2D eigenvalue weighted by Gasteiger charge is 2.48. The normalized spacial score (nSPS) is 17.8. The number of amides is 2. The van der Waals surface area contributed by atoms with Gasteiger partial charge in [0, 0.05) is 19.2 Å². The Morgan fingerprint density at radius 1 is 1.08 bits per heavy atom. The molecule has 1 heterocycles. The lowest BCUT2D eigenvalue weighted by atomic mass is 10.1. The number of hydrogen-bond acceptors (Lipinski definition) is 7. The molecular weight excluding hydrogens is 503 g/mol. The summed E-state index contributed by atoms with van der Waals surface area (Å²) in [5.74, 6) is -2.34. The summed E-state index contributed by atoms with van der Waals surface area (Å²) in [5.41, 5.74) is -1.23. The fraction of sp³-hybridized carbons (Fsp3) is 0.304.